The van der Waals surface area contributed by atoms with E-state index in [2.05, 4.69) is 23.5 Å². The van der Waals surface area contributed by atoms with Crippen LogP contribution in [0.5, 0.6) is 5.75 Å². The maximum atomic E-state index is 13.4. The minimum atomic E-state index is -0.399. The lowest BCUT2D eigenvalue weighted by Gasteiger charge is -2.33. The highest BCUT2D eigenvalue weighted by Gasteiger charge is 2.51. The predicted molar refractivity (Wildman–Crippen MR) is 94.4 cm³/mol. The number of hydrogen-bond donors (Lipinski definition) is 1. The first-order valence-electron chi connectivity index (χ1n) is 8.50. The second-order valence-electron chi connectivity index (χ2n) is 6.59. The number of nitrogens with one attached hydrogen (secondary N) is 1. The summed E-state index contributed by atoms with van der Waals surface area (Å²) in [5.74, 6) is 1.05. The largest absolute Gasteiger partial charge is 0.497 e. The molecule has 124 valence electrons. The van der Waals surface area contributed by atoms with E-state index in [1.165, 1.54) is 0 Å². The molecule has 2 aliphatic heterocycles. The van der Waals surface area contributed by atoms with E-state index in [0.29, 0.717) is 6.54 Å². The van der Waals surface area contributed by atoms with Crippen LogP contribution in [0.15, 0.2) is 48.5 Å². The van der Waals surface area contributed by atoms with E-state index >= 15 is 0 Å². The van der Waals surface area contributed by atoms with Crippen LogP contribution >= 0.6 is 0 Å². The summed E-state index contributed by atoms with van der Waals surface area (Å²) in [4.78, 5) is 15.4. The van der Waals surface area contributed by atoms with Crippen LogP contribution in [0, 0.1) is 0 Å². The van der Waals surface area contributed by atoms with Crippen LogP contribution < -0.4 is 15.0 Å². The highest BCUT2D eigenvalue weighted by atomic mass is 16.5. The Balaban J connectivity index is 1.78. The SMILES string of the molecule is COc1ccc2c(c1)C1(CCNCC1)C(=O)N2Cc1ccccc1. The number of hydrogen-bond acceptors (Lipinski definition) is 3. The monoisotopic (exact) mass is 322 g/mol. The van der Waals surface area contributed by atoms with Gasteiger partial charge in [-0.2, -0.15) is 0 Å². The van der Waals surface area contributed by atoms with Crippen LogP contribution in [0.25, 0.3) is 0 Å². The summed E-state index contributed by atoms with van der Waals surface area (Å²) >= 11 is 0. The maximum Gasteiger partial charge on any atom is 0.238 e. The third kappa shape index (κ3) is 2.29. The van der Waals surface area contributed by atoms with Crippen molar-refractivity contribution in [2.45, 2.75) is 24.8 Å². The van der Waals surface area contributed by atoms with Crippen LogP contribution in [-0.4, -0.2) is 26.1 Å². The van der Waals surface area contributed by atoms with E-state index in [-0.39, 0.29) is 5.91 Å². The molecule has 0 bridgehead atoms. The molecule has 0 radical (unpaired) electrons. The smallest absolute Gasteiger partial charge is 0.238 e. The van der Waals surface area contributed by atoms with Gasteiger partial charge in [0.2, 0.25) is 5.91 Å². The summed E-state index contributed by atoms with van der Waals surface area (Å²) < 4.78 is 5.42. The molecule has 1 spiro atoms. The van der Waals surface area contributed by atoms with E-state index in [0.717, 1.165) is 48.5 Å². The van der Waals surface area contributed by atoms with E-state index in [9.17, 15) is 4.79 Å². The van der Waals surface area contributed by atoms with Gasteiger partial charge in [-0.1, -0.05) is 30.3 Å². The molecule has 24 heavy (non-hydrogen) atoms. The fourth-order valence-electron chi connectivity index (χ4n) is 4.00. The molecule has 2 aromatic carbocycles. The second kappa shape index (κ2) is 5.95. The zero-order valence-electron chi connectivity index (χ0n) is 13.9. The first-order valence-corrected chi connectivity index (χ1v) is 8.50. The van der Waals surface area contributed by atoms with Crippen molar-refractivity contribution in [1.82, 2.24) is 5.32 Å². The van der Waals surface area contributed by atoms with Crippen LogP contribution in [0.1, 0.15) is 24.0 Å². The molecule has 1 fully saturated rings. The van der Waals surface area contributed by atoms with Crippen molar-refractivity contribution in [3.8, 4) is 5.75 Å². The topological polar surface area (TPSA) is 41.6 Å². The number of methoxy groups -OCH3 is 1. The van der Waals surface area contributed by atoms with Crippen LogP contribution in [-0.2, 0) is 16.8 Å². The lowest BCUT2D eigenvalue weighted by molar-refractivity contribution is -0.124. The molecule has 2 aliphatic rings. The summed E-state index contributed by atoms with van der Waals surface area (Å²) in [5, 5.41) is 3.38. The second-order valence-corrected chi connectivity index (χ2v) is 6.59. The zero-order valence-corrected chi connectivity index (χ0v) is 13.9. The quantitative estimate of drug-likeness (QED) is 0.945. The van der Waals surface area contributed by atoms with Crippen molar-refractivity contribution in [1.29, 1.82) is 0 Å². The van der Waals surface area contributed by atoms with Crippen molar-refractivity contribution in [2.75, 3.05) is 25.1 Å². The lowest BCUT2D eigenvalue weighted by atomic mass is 9.74. The molecule has 4 rings (SSSR count). The number of amides is 1. The number of piperidine rings is 1. The van der Waals surface area contributed by atoms with Crippen molar-refractivity contribution in [2.24, 2.45) is 0 Å². The minimum absolute atomic E-state index is 0.233. The average Bonchev–Trinajstić information content (AvgIpc) is 2.86. The molecule has 0 saturated carbocycles. The van der Waals surface area contributed by atoms with Gasteiger partial charge in [-0.3, -0.25) is 4.79 Å². The van der Waals surface area contributed by atoms with Crippen molar-refractivity contribution < 1.29 is 9.53 Å². The Hall–Kier alpha value is -2.33. The molecule has 0 aromatic heterocycles. The van der Waals surface area contributed by atoms with Crippen molar-refractivity contribution in [3.63, 3.8) is 0 Å². The van der Waals surface area contributed by atoms with Gasteiger partial charge < -0.3 is 15.0 Å². The molecule has 4 nitrogen and oxygen atoms in total. The van der Waals surface area contributed by atoms with Crippen LogP contribution in [0.4, 0.5) is 5.69 Å². The predicted octanol–water partition coefficient (Wildman–Crippen LogP) is 2.86. The zero-order chi connectivity index (χ0) is 16.6. The Labute approximate surface area is 142 Å². The molecule has 1 amide bonds. The van der Waals surface area contributed by atoms with Gasteiger partial charge in [-0.25, -0.2) is 0 Å². The highest BCUT2D eigenvalue weighted by molar-refractivity contribution is 6.08. The Morgan fingerprint density at radius 3 is 2.58 bits per heavy atom. The number of nitrogens with zero attached hydrogens (tertiary/aromatic N) is 1. The molecule has 4 heteroatoms. The van der Waals surface area contributed by atoms with E-state index < -0.39 is 5.41 Å². The first-order chi connectivity index (χ1) is 11.7. The van der Waals surface area contributed by atoms with Crippen molar-refractivity contribution >= 4 is 11.6 Å². The Bertz CT molecular complexity index is 751. The number of carbonyl (C=O) groups is 1. The fourth-order valence-corrected chi connectivity index (χ4v) is 4.00. The number of fused-ring (bicyclic) bond motifs is 2. The van der Waals surface area contributed by atoms with Crippen molar-refractivity contribution in [3.05, 3.63) is 59.7 Å². The number of ether oxygens (including phenoxy) is 1. The minimum Gasteiger partial charge on any atom is -0.497 e. The molecule has 0 unspecified atom stereocenters. The normalized spacial score (nSPS) is 18.7. The van der Waals surface area contributed by atoms with E-state index in [1.807, 2.05) is 35.2 Å². The van der Waals surface area contributed by atoms with Gasteiger partial charge in [0.15, 0.2) is 0 Å². The van der Waals surface area contributed by atoms with Gasteiger partial charge in [-0.05, 0) is 55.3 Å². The van der Waals surface area contributed by atoms with E-state index in [4.69, 9.17) is 4.74 Å². The fraction of sp³-hybridized carbons (Fsp3) is 0.350. The molecule has 1 saturated heterocycles. The Morgan fingerprint density at radius 2 is 1.88 bits per heavy atom. The van der Waals surface area contributed by atoms with Gasteiger partial charge in [0, 0.05) is 5.69 Å². The Morgan fingerprint density at radius 1 is 1.12 bits per heavy atom. The molecule has 2 heterocycles. The standard InChI is InChI=1S/C20H22N2O2/c1-24-16-7-8-18-17(13-16)20(9-11-21-12-10-20)19(23)22(18)14-15-5-3-2-4-6-15/h2-8,13,21H,9-12,14H2,1H3. The van der Waals surface area contributed by atoms with Gasteiger partial charge in [0.05, 0.1) is 19.1 Å². The number of anilines is 1. The average molecular weight is 322 g/mol. The van der Waals surface area contributed by atoms with Crippen LogP contribution in [0.3, 0.4) is 0 Å². The summed E-state index contributed by atoms with van der Waals surface area (Å²) in [6.45, 7) is 2.37. The third-order valence-electron chi connectivity index (χ3n) is 5.31. The van der Waals surface area contributed by atoms with Crippen LogP contribution in [0.2, 0.25) is 0 Å². The molecule has 2 aromatic rings. The Kier molecular flexibility index (Phi) is 3.77. The van der Waals surface area contributed by atoms with E-state index in [1.54, 1.807) is 7.11 Å². The molecule has 0 aliphatic carbocycles. The highest BCUT2D eigenvalue weighted by Crippen LogP contribution is 2.48. The molecular weight excluding hydrogens is 300 g/mol. The molecule has 0 atom stereocenters. The number of carbonyl (C=O) groups excluding carboxylic acids is 1. The van der Waals surface area contributed by atoms with Gasteiger partial charge in [0.1, 0.15) is 5.75 Å². The van der Waals surface area contributed by atoms with Gasteiger partial charge in [0.25, 0.3) is 0 Å². The molecular formula is C20H22N2O2. The van der Waals surface area contributed by atoms with Gasteiger partial charge >= 0.3 is 0 Å². The number of rotatable bonds is 3. The summed E-state index contributed by atoms with van der Waals surface area (Å²) in [6.07, 6.45) is 1.69. The lowest BCUT2D eigenvalue weighted by Crippen LogP contribution is -2.47. The molecule has 1 N–H and O–H groups in total. The summed E-state index contributed by atoms with van der Waals surface area (Å²) in [7, 11) is 1.68. The summed E-state index contributed by atoms with van der Waals surface area (Å²) in [5.41, 5.74) is 2.92. The number of benzene rings is 2. The maximum absolute atomic E-state index is 13.4. The third-order valence-corrected chi connectivity index (χ3v) is 5.31. The first kappa shape index (κ1) is 15.2. The summed E-state index contributed by atoms with van der Waals surface area (Å²) in [6, 6.07) is 16.2. The van der Waals surface area contributed by atoms with Gasteiger partial charge in [-0.15, -0.1) is 0 Å².